The van der Waals surface area contributed by atoms with Crippen molar-refractivity contribution in [2.75, 3.05) is 7.11 Å². The van der Waals surface area contributed by atoms with Gasteiger partial charge in [0.15, 0.2) is 0 Å². The molecule has 28 heavy (non-hydrogen) atoms. The minimum atomic E-state index is -0.0546. The Morgan fingerprint density at radius 2 is 1.75 bits per heavy atom. The molecular formula is C25H42O3. The van der Waals surface area contributed by atoms with Crippen molar-refractivity contribution < 1.29 is 14.6 Å². The second-order valence-electron chi connectivity index (χ2n) is 11.4. The molecule has 0 amide bonds. The summed E-state index contributed by atoms with van der Waals surface area (Å²) >= 11 is 0. The average Bonchev–Trinajstić information content (AvgIpc) is 3.03. The molecule has 160 valence electrons. The van der Waals surface area contributed by atoms with E-state index in [2.05, 4.69) is 20.8 Å². The molecule has 9 atom stereocenters. The summed E-state index contributed by atoms with van der Waals surface area (Å²) in [6, 6.07) is 0. The Balaban J connectivity index is 1.48. The van der Waals surface area contributed by atoms with E-state index in [1.807, 2.05) is 0 Å². The molecule has 0 heterocycles. The smallest absolute Gasteiger partial charge is 0.305 e. The van der Waals surface area contributed by atoms with E-state index in [1.165, 1.54) is 52.1 Å². The number of carbonyl (C=O) groups excluding carboxylic acids is 1. The molecule has 0 aromatic rings. The summed E-state index contributed by atoms with van der Waals surface area (Å²) in [5.74, 6) is 4.72. The SMILES string of the molecule is COC(=O)CC[C@@H](C)[C@H]1CC[C@H]2[C@@H]3CC[C@@H]4C[C@H](O)CC[C@]4(C)[C@@H]3CC[C@]12C. The maximum Gasteiger partial charge on any atom is 0.305 e. The summed E-state index contributed by atoms with van der Waals surface area (Å²) in [6.07, 6.45) is 13.1. The van der Waals surface area contributed by atoms with Gasteiger partial charge in [-0.25, -0.2) is 0 Å². The number of hydrogen-bond donors (Lipinski definition) is 1. The van der Waals surface area contributed by atoms with Crippen molar-refractivity contribution in [3.05, 3.63) is 0 Å². The van der Waals surface area contributed by atoms with E-state index in [0.717, 1.165) is 48.9 Å². The standard InChI is InChI=1S/C25H42O3/c1-16(5-10-23(27)28-4)20-8-9-21-19-7-6-17-15-18(26)11-13-24(17,2)22(19)12-14-25(20,21)3/h16-22,26H,5-15H2,1-4H3/t16-,17-,18-,19+,20-,21+,22-,24+,25-/m1/s1. The first-order valence-corrected chi connectivity index (χ1v) is 12.0. The predicted octanol–water partition coefficient (Wildman–Crippen LogP) is 5.60. The largest absolute Gasteiger partial charge is 0.469 e. The highest BCUT2D eigenvalue weighted by Gasteiger charge is 2.60. The molecule has 4 fully saturated rings. The summed E-state index contributed by atoms with van der Waals surface area (Å²) in [5, 5.41) is 10.2. The van der Waals surface area contributed by atoms with E-state index in [4.69, 9.17) is 4.74 Å². The lowest BCUT2D eigenvalue weighted by atomic mass is 9.44. The summed E-state index contributed by atoms with van der Waals surface area (Å²) in [7, 11) is 1.50. The van der Waals surface area contributed by atoms with Gasteiger partial charge in [0, 0.05) is 6.42 Å². The number of carbonyl (C=O) groups is 1. The summed E-state index contributed by atoms with van der Waals surface area (Å²) < 4.78 is 4.88. The number of ether oxygens (including phenoxy) is 1. The van der Waals surface area contributed by atoms with Crippen molar-refractivity contribution in [2.24, 2.45) is 46.3 Å². The van der Waals surface area contributed by atoms with Crippen molar-refractivity contribution in [3.8, 4) is 0 Å². The quantitative estimate of drug-likeness (QED) is 0.636. The van der Waals surface area contributed by atoms with Crippen molar-refractivity contribution in [1.29, 1.82) is 0 Å². The number of methoxy groups -OCH3 is 1. The van der Waals surface area contributed by atoms with E-state index < -0.39 is 0 Å². The van der Waals surface area contributed by atoms with Gasteiger partial charge in [0.1, 0.15) is 0 Å². The van der Waals surface area contributed by atoms with Gasteiger partial charge in [0.25, 0.3) is 0 Å². The van der Waals surface area contributed by atoms with Gasteiger partial charge in [-0.15, -0.1) is 0 Å². The van der Waals surface area contributed by atoms with Gasteiger partial charge < -0.3 is 9.84 Å². The fourth-order valence-corrected chi connectivity index (χ4v) is 8.86. The Bertz CT molecular complexity index is 588. The van der Waals surface area contributed by atoms with E-state index in [9.17, 15) is 9.90 Å². The Morgan fingerprint density at radius 3 is 2.50 bits per heavy atom. The van der Waals surface area contributed by atoms with Crippen LogP contribution in [0.2, 0.25) is 0 Å². The molecule has 3 heteroatoms. The molecule has 4 aliphatic carbocycles. The third-order valence-corrected chi connectivity index (χ3v) is 10.4. The molecule has 0 saturated heterocycles. The molecule has 0 aliphatic heterocycles. The maximum absolute atomic E-state index is 11.6. The molecule has 0 spiro atoms. The fourth-order valence-electron chi connectivity index (χ4n) is 8.86. The van der Waals surface area contributed by atoms with Crippen LogP contribution in [-0.2, 0) is 9.53 Å². The van der Waals surface area contributed by atoms with E-state index in [0.29, 0.717) is 23.2 Å². The highest BCUT2D eigenvalue weighted by molar-refractivity contribution is 5.69. The lowest BCUT2D eigenvalue weighted by molar-refractivity contribution is -0.141. The number of esters is 1. The topological polar surface area (TPSA) is 46.5 Å². The van der Waals surface area contributed by atoms with Gasteiger partial charge in [-0.1, -0.05) is 20.8 Å². The minimum Gasteiger partial charge on any atom is -0.469 e. The zero-order valence-electron chi connectivity index (χ0n) is 18.6. The summed E-state index contributed by atoms with van der Waals surface area (Å²) in [5.41, 5.74) is 0.937. The molecule has 3 nitrogen and oxygen atoms in total. The monoisotopic (exact) mass is 390 g/mol. The normalized spacial score (nSPS) is 48.9. The van der Waals surface area contributed by atoms with E-state index in [1.54, 1.807) is 0 Å². The first-order chi connectivity index (χ1) is 13.3. The van der Waals surface area contributed by atoms with Crippen LogP contribution < -0.4 is 0 Å². The van der Waals surface area contributed by atoms with Gasteiger partial charge in [-0.3, -0.25) is 4.79 Å². The maximum atomic E-state index is 11.6. The van der Waals surface area contributed by atoms with Gasteiger partial charge in [0.2, 0.25) is 0 Å². The molecule has 0 bridgehead atoms. The van der Waals surface area contributed by atoms with Gasteiger partial charge in [0.05, 0.1) is 13.2 Å². The molecule has 0 unspecified atom stereocenters. The first-order valence-electron chi connectivity index (χ1n) is 12.0. The number of hydrogen-bond acceptors (Lipinski definition) is 3. The molecule has 0 aromatic heterocycles. The van der Waals surface area contributed by atoms with E-state index >= 15 is 0 Å². The summed E-state index contributed by atoms with van der Waals surface area (Å²) in [6.45, 7) is 7.56. The first kappa shape index (κ1) is 20.7. The second-order valence-corrected chi connectivity index (χ2v) is 11.4. The molecule has 1 N–H and O–H groups in total. The molecule has 0 radical (unpaired) electrons. The summed E-state index contributed by atoms with van der Waals surface area (Å²) in [4.78, 5) is 11.6. The van der Waals surface area contributed by atoms with Crippen molar-refractivity contribution >= 4 is 5.97 Å². The Kier molecular flexibility index (Phi) is 5.61. The zero-order valence-corrected chi connectivity index (χ0v) is 18.6. The number of rotatable bonds is 4. The van der Waals surface area contributed by atoms with Crippen LogP contribution in [0.5, 0.6) is 0 Å². The highest BCUT2D eigenvalue weighted by atomic mass is 16.5. The molecule has 4 saturated carbocycles. The number of fused-ring (bicyclic) bond motifs is 5. The van der Waals surface area contributed by atoms with Crippen LogP contribution in [0.15, 0.2) is 0 Å². The van der Waals surface area contributed by atoms with Crippen LogP contribution in [0.1, 0.15) is 91.4 Å². The average molecular weight is 391 g/mol. The predicted molar refractivity (Wildman–Crippen MR) is 112 cm³/mol. The van der Waals surface area contributed by atoms with Crippen molar-refractivity contribution in [2.45, 2.75) is 97.5 Å². The van der Waals surface area contributed by atoms with Crippen LogP contribution in [0, 0.1) is 46.3 Å². The Labute approximate surface area is 172 Å². The van der Waals surface area contributed by atoms with Crippen LogP contribution in [0.25, 0.3) is 0 Å². The van der Waals surface area contributed by atoms with Crippen LogP contribution in [0.4, 0.5) is 0 Å². The van der Waals surface area contributed by atoms with Crippen LogP contribution >= 0.6 is 0 Å². The van der Waals surface area contributed by atoms with Crippen molar-refractivity contribution in [1.82, 2.24) is 0 Å². The van der Waals surface area contributed by atoms with Gasteiger partial charge in [-0.2, -0.15) is 0 Å². The fraction of sp³-hybridized carbons (Fsp3) is 0.960. The number of aliphatic hydroxyl groups is 1. The van der Waals surface area contributed by atoms with E-state index in [-0.39, 0.29) is 12.1 Å². The lowest BCUT2D eigenvalue weighted by Gasteiger charge is -2.61. The molecule has 0 aromatic carbocycles. The Morgan fingerprint density at radius 1 is 1.04 bits per heavy atom. The molecular weight excluding hydrogens is 348 g/mol. The minimum absolute atomic E-state index is 0.0463. The van der Waals surface area contributed by atoms with Crippen molar-refractivity contribution in [3.63, 3.8) is 0 Å². The lowest BCUT2D eigenvalue weighted by Crippen LogP contribution is -2.54. The van der Waals surface area contributed by atoms with Gasteiger partial charge in [-0.05, 0) is 111 Å². The highest BCUT2D eigenvalue weighted by Crippen LogP contribution is 2.68. The third kappa shape index (κ3) is 3.24. The van der Waals surface area contributed by atoms with Crippen LogP contribution in [0.3, 0.4) is 0 Å². The zero-order chi connectivity index (χ0) is 20.1. The van der Waals surface area contributed by atoms with Gasteiger partial charge >= 0.3 is 5.97 Å². The second kappa shape index (κ2) is 7.60. The molecule has 4 aliphatic rings. The molecule has 4 rings (SSSR count). The Hall–Kier alpha value is -0.570. The number of aliphatic hydroxyl groups excluding tert-OH is 1. The third-order valence-electron chi connectivity index (χ3n) is 10.4. The van der Waals surface area contributed by atoms with Crippen LogP contribution in [-0.4, -0.2) is 24.3 Å².